The lowest BCUT2D eigenvalue weighted by Crippen LogP contribution is -2.15. The molecule has 0 aromatic carbocycles. The Labute approximate surface area is 74.3 Å². The van der Waals surface area contributed by atoms with Crippen LogP contribution in [0.2, 0.25) is 0 Å². The number of hydrogen-bond acceptors (Lipinski definition) is 7. The van der Waals surface area contributed by atoms with Gasteiger partial charge >= 0.3 is 12.3 Å². The fourth-order valence-electron chi connectivity index (χ4n) is 0.316. The average molecular weight is 194 g/mol. The quantitative estimate of drug-likeness (QED) is 0.287. The normalized spacial score (nSPS) is 9.08. The van der Waals surface area contributed by atoms with Gasteiger partial charge in [0.25, 0.3) is 0 Å². The summed E-state index contributed by atoms with van der Waals surface area (Å²) in [5, 5.41) is 0. The number of rotatable bonds is 4. The van der Waals surface area contributed by atoms with Crippen LogP contribution in [0.5, 0.6) is 0 Å². The number of carbonyl (C=O) groups excluding carboxylic acids is 2. The molecule has 0 atom stereocenters. The lowest BCUT2D eigenvalue weighted by Gasteiger charge is -2.01. The summed E-state index contributed by atoms with van der Waals surface area (Å²) >= 11 is 0. The summed E-state index contributed by atoms with van der Waals surface area (Å²) in [6.07, 6.45) is -2.63. The highest BCUT2D eigenvalue weighted by molar-refractivity contribution is 5.76. The maximum absolute atomic E-state index is 10.4. The Kier molecular flexibility index (Phi) is 6.56. The molecule has 0 amide bonds. The van der Waals surface area contributed by atoms with Crippen molar-refractivity contribution in [3.8, 4) is 0 Å². The molecule has 0 aromatic rings. The van der Waals surface area contributed by atoms with E-state index < -0.39 is 12.3 Å². The van der Waals surface area contributed by atoms with Crippen LogP contribution in [0.4, 0.5) is 9.59 Å². The molecule has 0 aliphatic heterocycles. The van der Waals surface area contributed by atoms with Crippen LogP contribution in [0.3, 0.4) is 0 Å². The molecule has 0 heterocycles. The predicted octanol–water partition coefficient (Wildman–Crippen LogP) is 1.18. The zero-order chi connectivity index (χ0) is 10.1. The highest BCUT2D eigenvalue weighted by Crippen LogP contribution is 1.91. The molecule has 0 bridgehead atoms. The standard InChI is InChI=1S/C6H10O7/c1-3-9-12-5(7)11-6(8)13-10-4-2/h3-4H2,1-2H3. The topological polar surface area (TPSA) is 80.3 Å². The summed E-state index contributed by atoms with van der Waals surface area (Å²) in [5.41, 5.74) is 0. The Balaban J connectivity index is 3.47. The molecular weight excluding hydrogens is 184 g/mol. The van der Waals surface area contributed by atoms with Gasteiger partial charge in [-0.15, -0.1) is 0 Å². The van der Waals surface area contributed by atoms with E-state index in [1.54, 1.807) is 13.8 Å². The highest BCUT2D eigenvalue weighted by Gasteiger charge is 2.14. The Hall–Kier alpha value is -1.34. The molecule has 0 aliphatic rings. The van der Waals surface area contributed by atoms with Gasteiger partial charge in [0.1, 0.15) is 0 Å². The van der Waals surface area contributed by atoms with E-state index in [-0.39, 0.29) is 13.2 Å². The number of carbonyl (C=O) groups is 2. The van der Waals surface area contributed by atoms with E-state index in [0.717, 1.165) is 0 Å². The molecule has 0 saturated heterocycles. The molecule has 0 fully saturated rings. The van der Waals surface area contributed by atoms with Gasteiger partial charge in [-0.2, -0.15) is 9.78 Å². The first-order valence-corrected chi connectivity index (χ1v) is 3.55. The van der Waals surface area contributed by atoms with Crippen molar-refractivity contribution in [3.63, 3.8) is 0 Å². The van der Waals surface area contributed by atoms with E-state index >= 15 is 0 Å². The molecule has 0 aromatic heterocycles. The summed E-state index contributed by atoms with van der Waals surface area (Å²) in [7, 11) is 0. The Morgan fingerprint density at radius 1 is 0.923 bits per heavy atom. The Morgan fingerprint density at radius 2 is 1.31 bits per heavy atom. The minimum absolute atomic E-state index is 0.148. The van der Waals surface area contributed by atoms with Crippen LogP contribution in [-0.2, 0) is 24.3 Å². The second-order valence-corrected chi connectivity index (χ2v) is 1.58. The monoisotopic (exact) mass is 194 g/mol. The molecule has 13 heavy (non-hydrogen) atoms. The first kappa shape index (κ1) is 11.7. The molecule has 0 N–H and O–H groups in total. The van der Waals surface area contributed by atoms with Crippen molar-refractivity contribution in [2.75, 3.05) is 13.2 Å². The number of hydrogen-bond donors (Lipinski definition) is 0. The second kappa shape index (κ2) is 7.32. The van der Waals surface area contributed by atoms with Crippen molar-refractivity contribution in [3.05, 3.63) is 0 Å². The van der Waals surface area contributed by atoms with Crippen molar-refractivity contribution in [1.82, 2.24) is 0 Å². The summed E-state index contributed by atoms with van der Waals surface area (Å²) in [6.45, 7) is 3.48. The SMILES string of the molecule is CCOOC(=O)OC(=O)OOCC. The maximum Gasteiger partial charge on any atom is 0.550 e. The van der Waals surface area contributed by atoms with Crippen LogP contribution < -0.4 is 0 Å². The average Bonchev–Trinajstić information content (AvgIpc) is 2.11. The van der Waals surface area contributed by atoms with Gasteiger partial charge < -0.3 is 4.74 Å². The second-order valence-electron chi connectivity index (χ2n) is 1.58. The smallest absolute Gasteiger partial charge is 0.323 e. The largest absolute Gasteiger partial charge is 0.550 e. The number of ether oxygens (including phenoxy) is 1. The van der Waals surface area contributed by atoms with Gasteiger partial charge in [0.2, 0.25) is 0 Å². The van der Waals surface area contributed by atoms with E-state index in [0.29, 0.717) is 0 Å². The Morgan fingerprint density at radius 3 is 1.62 bits per heavy atom. The first-order valence-electron chi connectivity index (χ1n) is 3.55. The van der Waals surface area contributed by atoms with E-state index in [1.165, 1.54) is 0 Å². The van der Waals surface area contributed by atoms with E-state index in [2.05, 4.69) is 24.3 Å². The van der Waals surface area contributed by atoms with Gasteiger partial charge in [0, 0.05) is 0 Å². The van der Waals surface area contributed by atoms with Crippen LogP contribution in [0, 0.1) is 0 Å². The van der Waals surface area contributed by atoms with Gasteiger partial charge in [-0.05, 0) is 13.8 Å². The third-order valence-electron chi connectivity index (χ3n) is 0.656. The van der Waals surface area contributed by atoms with Crippen LogP contribution >= 0.6 is 0 Å². The lowest BCUT2D eigenvalue weighted by atomic mass is 10.9. The van der Waals surface area contributed by atoms with Gasteiger partial charge in [0.05, 0.1) is 13.2 Å². The van der Waals surface area contributed by atoms with Crippen molar-refractivity contribution in [2.24, 2.45) is 0 Å². The maximum atomic E-state index is 10.4. The predicted molar refractivity (Wildman–Crippen MR) is 37.3 cm³/mol. The van der Waals surface area contributed by atoms with Gasteiger partial charge in [-0.1, -0.05) is 0 Å². The van der Waals surface area contributed by atoms with Crippen molar-refractivity contribution in [1.29, 1.82) is 0 Å². The fraction of sp³-hybridized carbons (Fsp3) is 0.667. The highest BCUT2D eigenvalue weighted by atomic mass is 17.3. The summed E-state index contributed by atoms with van der Waals surface area (Å²) in [4.78, 5) is 37.1. The summed E-state index contributed by atoms with van der Waals surface area (Å²) < 4.78 is 3.88. The molecule has 0 radical (unpaired) electrons. The van der Waals surface area contributed by atoms with Crippen LogP contribution in [-0.4, -0.2) is 25.5 Å². The molecule has 7 nitrogen and oxygen atoms in total. The van der Waals surface area contributed by atoms with E-state index in [4.69, 9.17) is 0 Å². The van der Waals surface area contributed by atoms with Crippen LogP contribution in [0.15, 0.2) is 0 Å². The van der Waals surface area contributed by atoms with Gasteiger partial charge in [0.15, 0.2) is 0 Å². The first-order chi connectivity index (χ1) is 6.20. The summed E-state index contributed by atoms with van der Waals surface area (Å²) in [6, 6.07) is 0. The minimum Gasteiger partial charge on any atom is -0.323 e. The molecule has 0 unspecified atom stereocenters. The van der Waals surface area contributed by atoms with Gasteiger partial charge in [-0.25, -0.2) is 9.59 Å². The Bertz CT molecular complexity index is 148. The zero-order valence-corrected chi connectivity index (χ0v) is 7.27. The molecular formula is C6H10O7. The van der Waals surface area contributed by atoms with Crippen LogP contribution in [0.25, 0.3) is 0 Å². The van der Waals surface area contributed by atoms with Crippen molar-refractivity contribution < 1.29 is 33.9 Å². The fourth-order valence-corrected chi connectivity index (χ4v) is 0.316. The van der Waals surface area contributed by atoms with Crippen molar-refractivity contribution >= 4 is 12.3 Å². The molecule has 7 heteroatoms. The lowest BCUT2D eigenvalue weighted by molar-refractivity contribution is -0.267. The summed E-state index contributed by atoms with van der Waals surface area (Å²) in [5.74, 6) is 0. The van der Waals surface area contributed by atoms with E-state index in [9.17, 15) is 9.59 Å². The third kappa shape index (κ3) is 7.04. The minimum atomic E-state index is -1.31. The molecule has 0 rings (SSSR count). The third-order valence-corrected chi connectivity index (χ3v) is 0.656. The zero-order valence-electron chi connectivity index (χ0n) is 7.27. The van der Waals surface area contributed by atoms with Crippen LogP contribution in [0.1, 0.15) is 13.8 Å². The molecule has 0 saturated carbocycles. The molecule has 0 spiro atoms. The van der Waals surface area contributed by atoms with E-state index in [1.807, 2.05) is 0 Å². The van der Waals surface area contributed by atoms with Crippen molar-refractivity contribution in [2.45, 2.75) is 13.8 Å². The van der Waals surface area contributed by atoms with Gasteiger partial charge in [-0.3, -0.25) is 9.78 Å². The molecule has 76 valence electrons. The molecule has 0 aliphatic carbocycles.